The zero-order valence-electron chi connectivity index (χ0n) is 20.5. The third-order valence-electron chi connectivity index (χ3n) is 7.43. The van der Waals surface area contributed by atoms with Crippen LogP contribution in [0.1, 0.15) is 63.6 Å². The van der Waals surface area contributed by atoms with Crippen molar-refractivity contribution in [3.05, 3.63) is 48.0 Å². The second-order valence-corrected chi connectivity index (χ2v) is 9.93. The number of amides is 1. The fraction of sp³-hybridized carbons (Fsp3) is 0.593. The van der Waals surface area contributed by atoms with E-state index in [2.05, 4.69) is 27.4 Å². The molecule has 0 radical (unpaired) electrons. The molecule has 1 aromatic rings. The normalized spacial score (nSPS) is 29.6. The van der Waals surface area contributed by atoms with Gasteiger partial charge in [-0.1, -0.05) is 58.0 Å². The minimum Gasteiger partial charge on any atom is -0.467 e. The molecule has 1 aromatic carbocycles. The van der Waals surface area contributed by atoms with Gasteiger partial charge in [0, 0.05) is 0 Å². The minimum atomic E-state index is -0.867. The lowest BCUT2D eigenvalue weighted by Crippen LogP contribution is -2.42. The number of hydrogen-bond acceptors (Lipinski definition) is 5. The molecule has 33 heavy (non-hydrogen) atoms. The highest BCUT2D eigenvalue weighted by molar-refractivity contribution is 5.93. The van der Waals surface area contributed by atoms with Gasteiger partial charge in [0.25, 0.3) is 0 Å². The van der Waals surface area contributed by atoms with Crippen LogP contribution in [0.15, 0.2) is 36.9 Å². The Balaban J connectivity index is 1.99. The predicted octanol–water partition coefficient (Wildman–Crippen LogP) is 4.62. The number of esters is 2. The summed E-state index contributed by atoms with van der Waals surface area (Å²) in [5.74, 6) is -0.732. The number of carbonyl (C=O) groups is 3. The van der Waals surface area contributed by atoms with Crippen molar-refractivity contribution in [1.82, 2.24) is 4.90 Å². The predicted molar refractivity (Wildman–Crippen MR) is 126 cm³/mol. The van der Waals surface area contributed by atoms with Crippen molar-refractivity contribution < 1.29 is 23.9 Å². The first-order valence-electron chi connectivity index (χ1n) is 12.0. The van der Waals surface area contributed by atoms with Gasteiger partial charge in [-0.2, -0.15) is 0 Å². The second kappa shape index (κ2) is 10.5. The highest BCUT2D eigenvalue weighted by Crippen LogP contribution is 2.44. The highest BCUT2D eigenvalue weighted by Gasteiger charge is 2.52. The lowest BCUT2D eigenvalue weighted by Gasteiger charge is -2.37. The molecule has 180 valence electrons. The third-order valence-corrected chi connectivity index (χ3v) is 7.43. The van der Waals surface area contributed by atoms with Crippen LogP contribution in [0.3, 0.4) is 0 Å². The molecule has 6 atom stereocenters. The minimum absolute atomic E-state index is 0.153. The average Bonchev–Trinajstić information content (AvgIpc) is 3.18. The molecule has 2 aliphatic rings. The molecule has 1 saturated heterocycles. The molecule has 1 aliphatic carbocycles. The number of aryl methyl sites for hydroxylation is 1. The van der Waals surface area contributed by atoms with E-state index in [0.29, 0.717) is 17.8 Å². The maximum absolute atomic E-state index is 13.7. The molecule has 1 saturated carbocycles. The van der Waals surface area contributed by atoms with Crippen LogP contribution in [0, 0.1) is 30.6 Å². The van der Waals surface area contributed by atoms with Gasteiger partial charge in [-0.3, -0.25) is 9.59 Å². The van der Waals surface area contributed by atoms with Crippen molar-refractivity contribution in [1.29, 1.82) is 0 Å². The van der Waals surface area contributed by atoms with Crippen molar-refractivity contribution in [3.8, 4) is 0 Å². The fourth-order valence-corrected chi connectivity index (χ4v) is 5.61. The van der Waals surface area contributed by atoms with Gasteiger partial charge in [-0.05, 0) is 61.1 Å². The molecule has 6 nitrogen and oxygen atoms in total. The molecule has 6 heteroatoms. The Morgan fingerprint density at radius 2 is 1.82 bits per heavy atom. The Hall–Kier alpha value is -2.63. The van der Waals surface area contributed by atoms with Gasteiger partial charge in [0.2, 0.25) is 5.91 Å². The second-order valence-electron chi connectivity index (χ2n) is 9.93. The van der Waals surface area contributed by atoms with E-state index < -0.39 is 29.9 Å². The molecule has 0 aromatic heterocycles. The average molecular weight is 456 g/mol. The van der Waals surface area contributed by atoms with Crippen molar-refractivity contribution >= 4 is 17.8 Å². The summed E-state index contributed by atoms with van der Waals surface area (Å²) in [5.41, 5.74) is 1.78. The number of benzene rings is 1. The monoisotopic (exact) mass is 455 g/mol. The quantitative estimate of drug-likeness (QED) is 0.462. The van der Waals surface area contributed by atoms with Crippen molar-refractivity contribution in [2.45, 2.75) is 71.6 Å². The Morgan fingerprint density at radius 3 is 2.42 bits per heavy atom. The number of ether oxygens (including phenoxy) is 2. The number of carbonyl (C=O) groups excluding carboxylic acids is 3. The van der Waals surface area contributed by atoms with E-state index in [1.807, 2.05) is 31.2 Å². The topological polar surface area (TPSA) is 72.9 Å². The van der Waals surface area contributed by atoms with E-state index in [9.17, 15) is 14.4 Å². The van der Waals surface area contributed by atoms with E-state index in [0.717, 1.165) is 30.4 Å². The van der Waals surface area contributed by atoms with Crippen LogP contribution in [-0.2, 0) is 23.9 Å². The Labute approximate surface area is 197 Å². The summed E-state index contributed by atoms with van der Waals surface area (Å²) in [6.45, 7) is 12.1. The molecule has 1 aliphatic heterocycles. The van der Waals surface area contributed by atoms with Crippen LogP contribution < -0.4 is 0 Å². The SMILES string of the molecule is C=CC(=O)N1[C@H](C(=O)OC)C[C@H](C(=O)O[C@@H]2C[C@H](C)CC[C@H]2C(C)C)[C@@H]1c1ccccc1C. The van der Waals surface area contributed by atoms with E-state index in [1.165, 1.54) is 18.1 Å². The van der Waals surface area contributed by atoms with E-state index in [4.69, 9.17) is 9.47 Å². The summed E-state index contributed by atoms with van der Waals surface area (Å²) < 4.78 is 11.2. The lowest BCUT2D eigenvalue weighted by atomic mass is 9.75. The first-order valence-corrected chi connectivity index (χ1v) is 12.0. The zero-order valence-corrected chi connectivity index (χ0v) is 20.5. The molecule has 2 fully saturated rings. The van der Waals surface area contributed by atoms with Crippen molar-refractivity contribution in [2.75, 3.05) is 7.11 Å². The van der Waals surface area contributed by atoms with E-state index in [-0.39, 0.29) is 18.5 Å². The smallest absolute Gasteiger partial charge is 0.328 e. The standard InChI is InChI=1S/C27H37NO5/c1-7-24(29)28-22(27(31)32-6)15-21(25(28)20-11-9-8-10-18(20)5)26(30)33-23-14-17(4)12-13-19(23)16(2)3/h7-11,16-17,19,21-23,25H,1,12-15H2,2-6H3/t17-,19+,21+,22+,23-,25+/m1/s1. The first-order chi connectivity index (χ1) is 15.7. The molecule has 0 bridgehead atoms. The summed E-state index contributed by atoms with van der Waals surface area (Å²) >= 11 is 0. The summed E-state index contributed by atoms with van der Waals surface area (Å²) in [7, 11) is 1.30. The van der Waals surface area contributed by atoms with Crippen LogP contribution in [0.2, 0.25) is 0 Å². The Kier molecular flexibility index (Phi) is 7.98. The fourth-order valence-electron chi connectivity index (χ4n) is 5.61. The summed E-state index contributed by atoms with van der Waals surface area (Å²) in [5, 5.41) is 0. The summed E-state index contributed by atoms with van der Waals surface area (Å²) in [4.78, 5) is 40.7. The van der Waals surface area contributed by atoms with Crippen LogP contribution in [0.5, 0.6) is 0 Å². The van der Waals surface area contributed by atoms with Gasteiger partial charge in [0.1, 0.15) is 12.1 Å². The Morgan fingerprint density at radius 1 is 1.12 bits per heavy atom. The lowest BCUT2D eigenvalue weighted by molar-refractivity contribution is -0.162. The van der Waals surface area contributed by atoms with Gasteiger partial charge in [-0.25, -0.2) is 4.79 Å². The van der Waals surface area contributed by atoms with Gasteiger partial charge < -0.3 is 14.4 Å². The number of nitrogens with zero attached hydrogens (tertiary/aromatic N) is 1. The number of likely N-dealkylation sites (tertiary alicyclic amines) is 1. The molecule has 1 heterocycles. The molecule has 0 spiro atoms. The molecule has 0 N–H and O–H groups in total. The van der Waals surface area contributed by atoms with E-state index >= 15 is 0 Å². The molecular weight excluding hydrogens is 418 g/mol. The highest BCUT2D eigenvalue weighted by atomic mass is 16.5. The number of methoxy groups -OCH3 is 1. The maximum Gasteiger partial charge on any atom is 0.328 e. The molecule has 0 unspecified atom stereocenters. The van der Waals surface area contributed by atoms with Crippen LogP contribution in [-0.4, -0.2) is 42.0 Å². The Bertz CT molecular complexity index is 894. The summed E-state index contributed by atoms with van der Waals surface area (Å²) in [6, 6.07) is 6.15. The van der Waals surface area contributed by atoms with Gasteiger partial charge in [0.05, 0.1) is 19.1 Å². The molecular formula is C27H37NO5. The molecule has 1 amide bonds. The van der Waals surface area contributed by atoms with Crippen molar-refractivity contribution in [3.63, 3.8) is 0 Å². The number of hydrogen-bond donors (Lipinski definition) is 0. The molecule has 3 rings (SSSR count). The zero-order chi connectivity index (χ0) is 24.3. The van der Waals surface area contributed by atoms with Gasteiger partial charge >= 0.3 is 11.9 Å². The number of rotatable bonds is 6. The van der Waals surface area contributed by atoms with Crippen LogP contribution in [0.25, 0.3) is 0 Å². The van der Waals surface area contributed by atoms with E-state index in [1.54, 1.807) is 0 Å². The largest absolute Gasteiger partial charge is 0.467 e. The van der Waals surface area contributed by atoms with Gasteiger partial charge in [-0.15, -0.1) is 0 Å². The van der Waals surface area contributed by atoms with Gasteiger partial charge in [0.15, 0.2) is 0 Å². The third kappa shape index (κ3) is 5.15. The first kappa shape index (κ1) is 25.0. The van der Waals surface area contributed by atoms with Crippen molar-refractivity contribution in [2.24, 2.45) is 23.7 Å². The summed E-state index contributed by atoms with van der Waals surface area (Å²) in [6.07, 6.45) is 4.21. The van der Waals surface area contributed by atoms with Crippen LogP contribution >= 0.6 is 0 Å². The van der Waals surface area contributed by atoms with Crippen LogP contribution in [0.4, 0.5) is 0 Å². The maximum atomic E-state index is 13.7.